The summed E-state index contributed by atoms with van der Waals surface area (Å²) in [7, 11) is 0. The average molecular weight is 331 g/mol. The van der Waals surface area contributed by atoms with Gasteiger partial charge in [-0.25, -0.2) is 0 Å². The highest BCUT2D eigenvalue weighted by Gasteiger charge is 2.24. The second kappa shape index (κ2) is 6.07. The van der Waals surface area contributed by atoms with Crippen LogP contribution in [-0.2, 0) is 0 Å². The number of nitrogens with zero attached hydrogens (tertiary/aromatic N) is 1. The Morgan fingerprint density at radius 3 is 2.67 bits per heavy atom. The van der Waals surface area contributed by atoms with Gasteiger partial charge in [0.25, 0.3) is 5.91 Å². The molecule has 0 radical (unpaired) electrons. The summed E-state index contributed by atoms with van der Waals surface area (Å²) in [6, 6.07) is 5.86. The van der Waals surface area contributed by atoms with Crippen molar-refractivity contribution in [3.8, 4) is 0 Å². The molecule has 0 bridgehead atoms. The number of likely N-dealkylation sites (tertiary alicyclic amines) is 1. The maximum Gasteiger partial charge on any atom is 0.254 e. The molecule has 1 fully saturated rings. The van der Waals surface area contributed by atoms with E-state index in [0.717, 1.165) is 41.5 Å². The number of halogens is 2. The molecule has 2 nitrogen and oxygen atoms in total. The number of benzene rings is 1. The fraction of sp³-hybridized carbons (Fsp3) is 0.500. The van der Waals surface area contributed by atoms with Crippen LogP contribution in [0.5, 0.6) is 0 Å². The number of piperidine rings is 1. The molecule has 4 heteroatoms. The number of carbonyl (C=O) groups excluding carboxylic acids is 1. The van der Waals surface area contributed by atoms with Gasteiger partial charge in [0, 0.05) is 23.4 Å². The zero-order valence-corrected chi connectivity index (χ0v) is 12.8. The molecule has 0 aliphatic carbocycles. The topological polar surface area (TPSA) is 20.3 Å². The molecule has 1 aliphatic rings. The lowest BCUT2D eigenvalue weighted by Gasteiger charge is -2.31. The minimum Gasteiger partial charge on any atom is -0.339 e. The van der Waals surface area contributed by atoms with Crippen LogP contribution in [0, 0.1) is 12.8 Å². The highest BCUT2D eigenvalue weighted by atomic mass is 79.9. The molecule has 98 valence electrons. The largest absolute Gasteiger partial charge is 0.339 e. The van der Waals surface area contributed by atoms with Crippen molar-refractivity contribution in [3.63, 3.8) is 0 Å². The fourth-order valence-electron chi connectivity index (χ4n) is 2.25. The van der Waals surface area contributed by atoms with Crippen LogP contribution in [0.4, 0.5) is 0 Å². The number of carbonyl (C=O) groups is 1. The smallest absolute Gasteiger partial charge is 0.254 e. The normalized spacial score (nSPS) is 16.9. The van der Waals surface area contributed by atoms with Crippen molar-refractivity contribution >= 4 is 33.4 Å². The summed E-state index contributed by atoms with van der Waals surface area (Å²) in [4.78, 5) is 14.3. The third-order valence-corrected chi connectivity index (χ3v) is 4.57. The van der Waals surface area contributed by atoms with E-state index in [1.165, 1.54) is 0 Å². The van der Waals surface area contributed by atoms with E-state index in [1.54, 1.807) is 0 Å². The van der Waals surface area contributed by atoms with Gasteiger partial charge in [0.2, 0.25) is 0 Å². The van der Waals surface area contributed by atoms with Gasteiger partial charge < -0.3 is 4.90 Å². The highest BCUT2D eigenvalue weighted by Crippen LogP contribution is 2.24. The van der Waals surface area contributed by atoms with E-state index in [2.05, 4.69) is 15.9 Å². The van der Waals surface area contributed by atoms with Gasteiger partial charge in [-0.1, -0.05) is 6.07 Å². The lowest BCUT2D eigenvalue weighted by Crippen LogP contribution is -2.39. The summed E-state index contributed by atoms with van der Waals surface area (Å²) >= 11 is 9.33. The van der Waals surface area contributed by atoms with Crippen molar-refractivity contribution in [1.82, 2.24) is 4.90 Å². The van der Waals surface area contributed by atoms with Gasteiger partial charge in [0.15, 0.2) is 0 Å². The first-order valence-electron chi connectivity index (χ1n) is 6.23. The molecule has 2 rings (SSSR count). The molecule has 0 saturated carbocycles. The lowest BCUT2D eigenvalue weighted by molar-refractivity contribution is 0.0697. The van der Waals surface area contributed by atoms with Gasteiger partial charge in [0.1, 0.15) is 0 Å². The van der Waals surface area contributed by atoms with E-state index < -0.39 is 0 Å². The van der Waals surface area contributed by atoms with Crippen molar-refractivity contribution in [3.05, 3.63) is 33.8 Å². The van der Waals surface area contributed by atoms with Crippen molar-refractivity contribution in [2.45, 2.75) is 19.8 Å². The Morgan fingerprint density at radius 2 is 2.11 bits per heavy atom. The first kappa shape index (κ1) is 13.9. The maximum atomic E-state index is 12.4. The standard InChI is InChI=1S/C14H17BrClNO/c1-10-2-3-12(13(15)8-10)14(18)17-6-4-11(9-16)5-7-17/h2-3,8,11H,4-7,9H2,1H3. The third kappa shape index (κ3) is 3.07. The Bertz CT molecular complexity index is 441. The molecular weight excluding hydrogens is 314 g/mol. The summed E-state index contributed by atoms with van der Waals surface area (Å²) in [6.45, 7) is 3.65. The van der Waals surface area contributed by atoms with E-state index in [-0.39, 0.29) is 5.91 Å². The van der Waals surface area contributed by atoms with Gasteiger partial charge in [-0.05, 0) is 59.3 Å². The molecule has 1 aliphatic heterocycles. The van der Waals surface area contributed by atoms with Crippen LogP contribution in [0.3, 0.4) is 0 Å². The van der Waals surface area contributed by atoms with Crippen LogP contribution in [0.15, 0.2) is 22.7 Å². The van der Waals surface area contributed by atoms with Gasteiger partial charge >= 0.3 is 0 Å². The Balaban J connectivity index is 2.08. The molecule has 1 amide bonds. The van der Waals surface area contributed by atoms with Crippen molar-refractivity contribution < 1.29 is 4.79 Å². The number of hydrogen-bond donors (Lipinski definition) is 0. The van der Waals surface area contributed by atoms with Crippen LogP contribution >= 0.6 is 27.5 Å². The first-order chi connectivity index (χ1) is 8.61. The summed E-state index contributed by atoms with van der Waals surface area (Å²) in [5.41, 5.74) is 1.91. The first-order valence-corrected chi connectivity index (χ1v) is 7.56. The fourth-order valence-corrected chi connectivity index (χ4v) is 3.23. The van der Waals surface area contributed by atoms with E-state index >= 15 is 0 Å². The predicted molar refractivity (Wildman–Crippen MR) is 78.2 cm³/mol. The van der Waals surface area contributed by atoms with Gasteiger partial charge in [-0.2, -0.15) is 0 Å². The molecule has 1 saturated heterocycles. The zero-order chi connectivity index (χ0) is 13.1. The van der Waals surface area contributed by atoms with Gasteiger partial charge in [-0.3, -0.25) is 4.79 Å². The number of rotatable bonds is 2. The summed E-state index contributed by atoms with van der Waals surface area (Å²) < 4.78 is 0.881. The number of amides is 1. The van der Waals surface area contributed by atoms with Gasteiger partial charge in [0.05, 0.1) is 5.56 Å². The minimum absolute atomic E-state index is 0.120. The van der Waals surface area contributed by atoms with Crippen molar-refractivity contribution in [1.29, 1.82) is 0 Å². The molecule has 0 atom stereocenters. The van der Waals surface area contributed by atoms with Crippen LogP contribution in [0.2, 0.25) is 0 Å². The maximum absolute atomic E-state index is 12.4. The number of alkyl halides is 1. The van der Waals surface area contributed by atoms with Crippen LogP contribution < -0.4 is 0 Å². The second-order valence-electron chi connectivity index (χ2n) is 4.87. The Morgan fingerprint density at radius 1 is 1.44 bits per heavy atom. The molecule has 18 heavy (non-hydrogen) atoms. The van der Waals surface area contributed by atoms with E-state index in [1.807, 2.05) is 30.0 Å². The SMILES string of the molecule is Cc1ccc(C(=O)N2CCC(CCl)CC2)c(Br)c1. The quantitative estimate of drug-likeness (QED) is 0.754. The highest BCUT2D eigenvalue weighted by molar-refractivity contribution is 9.10. The van der Waals surface area contributed by atoms with E-state index in [9.17, 15) is 4.79 Å². The molecule has 1 aromatic carbocycles. The minimum atomic E-state index is 0.120. The number of aryl methyl sites for hydroxylation is 1. The zero-order valence-electron chi connectivity index (χ0n) is 10.5. The third-order valence-electron chi connectivity index (χ3n) is 3.47. The van der Waals surface area contributed by atoms with Crippen LogP contribution in [0.1, 0.15) is 28.8 Å². The number of hydrogen-bond acceptors (Lipinski definition) is 1. The summed E-state index contributed by atoms with van der Waals surface area (Å²) in [5.74, 6) is 1.39. The molecule has 0 spiro atoms. The monoisotopic (exact) mass is 329 g/mol. The van der Waals surface area contributed by atoms with Crippen molar-refractivity contribution in [2.24, 2.45) is 5.92 Å². The molecular formula is C14H17BrClNO. The Kier molecular flexibility index (Phi) is 4.68. The Labute approximate surface area is 121 Å². The molecule has 0 N–H and O–H groups in total. The average Bonchev–Trinajstić information content (AvgIpc) is 2.38. The summed E-state index contributed by atoms with van der Waals surface area (Å²) in [6.07, 6.45) is 2.03. The van der Waals surface area contributed by atoms with E-state index in [4.69, 9.17) is 11.6 Å². The van der Waals surface area contributed by atoms with Crippen LogP contribution in [0.25, 0.3) is 0 Å². The Hall–Kier alpha value is -0.540. The molecule has 0 unspecified atom stereocenters. The lowest BCUT2D eigenvalue weighted by atomic mass is 9.98. The molecule has 1 heterocycles. The molecule has 0 aromatic heterocycles. The van der Waals surface area contributed by atoms with Crippen LogP contribution in [-0.4, -0.2) is 29.8 Å². The van der Waals surface area contributed by atoms with Crippen molar-refractivity contribution in [2.75, 3.05) is 19.0 Å². The second-order valence-corrected chi connectivity index (χ2v) is 6.04. The predicted octanol–water partition coefficient (Wildman–Crippen LogP) is 3.85. The summed E-state index contributed by atoms with van der Waals surface area (Å²) in [5, 5.41) is 0. The molecule has 1 aromatic rings. The van der Waals surface area contributed by atoms with Gasteiger partial charge in [-0.15, -0.1) is 11.6 Å². The van der Waals surface area contributed by atoms with E-state index in [0.29, 0.717) is 11.8 Å².